The van der Waals surface area contributed by atoms with Crippen molar-refractivity contribution in [3.63, 3.8) is 0 Å². The largest absolute Gasteiger partial charge is 0.348 e. The average molecular weight is 282 g/mol. The normalized spacial score (nSPS) is 12.7. The molecule has 1 unspecified atom stereocenters. The number of hydrogen-bond donors (Lipinski definition) is 2. The van der Waals surface area contributed by atoms with E-state index < -0.39 is 0 Å². The maximum absolute atomic E-state index is 12.2. The van der Waals surface area contributed by atoms with Gasteiger partial charge in [-0.25, -0.2) is 14.5 Å². The quantitative estimate of drug-likeness (QED) is 0.772. The smallest absolute Gasteiger partial charge is 0.321 e. The Kier molecular flexibility index (Phi) is 3.58. The van der Waals surface area contributed by atoms with Gasteiger partial charge in [0.2, 0.25) is 0 Å². The Morgan fingerprint density at radius 2 is 2.00 bits per heavy atom. The standard InChI is InChI=1S/C16H18N4O/c1-2-6-13(17)15-18-19-16(21)20(15)14-10-5-8-11-7-3-4-9-12(11)14/h3-5,7-10,13H,2,6,17H2,1H3,(H,19,21). The van der Waals surface area contributed by atoms with Gasteiger partial charge in [0.15, 0.2) is 5.82 Å². The Morgan fingerprint density at radius 1 is 1.24 bits per heavy atom. The highest BCUT2D eigenvalue weighted by atomic mass is 16.1. The highest BCUT2D eigenvalue weighted by Crippen LogP contribution is 2.23. The van der Waals surface area contributed by atoms with E-state index in [9.17, 15) is 4.79 Å². The van der Waals surface area contributed by atoms with Gasteiger partial charge in [-0.15, -0.1) is 0 Å². The van der Waals surface area contributed by atoms with Crippen LogP contribution in [0.1, 0.15) is 31.6 Å². The number of nitrogens with two attached hydrogens (primary N) is 1. The fourth-order valence-electron chi connectivity index (χ4n) is 2.63. The molecule has 21 heavy (non-hydrogen) atoms. The Hall–Kier alpha value is -2.40. The van der Waals surface area contributed by atoms with Crippen molar-refractivity contribution in [1.82, 2.24) is 14.8 Å². The summed E-state index contributed by atoms with van der Waals surface area (Å²) in [7, 11) is 0. The third-order valence-electron chi connectivity index (χ3n) is 3.64. The van der Waals surface area contributed by atoms with Gasteiger partial charge in [-0.3, -0.25) is 0 Å². The molecule has 0 bridgehead atoms. The molecule has 1 aromatic heterocycles. The van der Waals surface area contributed by atoms with Crippen LogP contribution in [-0.2, 0) is 0 Å². The van der Waals surface area contributed by atoms with E-state index in [1.54, 1.807) is 4.57 Å². The molecule has 3 aromatic rings. The first-order valence-corrected chi connectivity index (χ1v) is 7.13. The van der Waals surface area contributed by atoms with E-state index in [4.69, 9.17) is 5.73 Å². The van der Waals surface area contributed by atoms with Crippen molar-refractivity contribution in [2.75, 3.05) is 0 Å². The Bertz CT molecular complexity index is 813. The van der Waals surface area contributed by atoms with Crippen LogP contribution in [0.15, 0.2) is 47.3 Å². The lowest BCUT2D eigenvalue weighted by atomic mass is 10.1. The molecule has 0 amide bonds. The summed E-state index contributed by atoms with van der Waals surface area (Å²) < 4.78 is 1.59. The molecular weight excluding hydrogens is 264 g/mol. The SMILES string of the molecule is CCCC(N)c1n[nH]c(=O)n1-c1cccc2ccccc12. The molecule has 1 atom stereocenters. The van der Waals surface area contributed by atoms with Crippen LogP contribution in [0, 0.1) is 0 Å². The zero-order chi connectivity index (χ0) is 14.8. The Labute approximate surface area is 122 Å². The first-order valence-electron chi connectivity index (χ1n) is 7.13. The van der Waals surface area contributed by atoms with Crippen molar-refractivity contribution >= 4 is 10.8 Å². The number of aromatic nitrogens is 3. The van der Waals surface area contributed by atoms with Crippen LogP contribution in [0.3, 0.4) is 0 Å². The molecule has 0 saturated carbocycles. The molecule has 0 aliphatic carbocycles. The molecule has 0 spiro atoms. The summed E-state index contributed by atoms with van der Waals surface area (Å²) in [6, 6.07) is 13.6. The van der Waals surface area contributed by atoms with Crippen LogP contribution < -0.4 is 11.4 Å². The first kappa shape index (κ1) is 13.6. The van der Waals surface area contributed by atoms with E-state index >= 15 is 0 Å². The summed E-state index contributed by atoms with van der Waals surface area (Å²) in [5.74, 6) is 0.582. The van der Waals surface area contributed by atoms with Crippen molar-refractivity contribution in [2.24, 2.45) is 5.73 Å². The number of H-pyrrole nitrogens is 1. The average Bonchev–Trinajstić information content (AvgIpc) is 2.88. The third-order valence-corrected chi connectivity index (χ3v) is 3.64. The molecule has 0 aliphatic heterocycles. The van der Waals surface area contributed by atoms with Gasteiger partial charge < -0.3 is 5.73 Å². The number of fused-ring (bicyclic) bond motifs is 1. The molecule has 0 radical (unpaired) electrons. The predicted molar refractivity (Wildman–Crippen MR) is 83.5 cm³/mol. The fraction of sp³-hybridized carbons (Fsp3) is 0.250. The molecule has 0 fully saturated rings. The second kappa shape index (κ2) is 5.54. The van der Waals surface area contributed by atoms with E-state index in [1.165, 1.54) is 0 Å². The van der Waals surface area contributed by atoms with Gasteiger partial charge in [-0.05, 0) is 17.9 Å². The Balaban J connectivity index is 2.24. The maximum atomic E-state index is 12.2. The number of hydrogen-bond acceptors (Lipinski definition) is 3. The molecule has 3 rings (SSSR count). The van der Waals surface area contributed by atoms with Crippen LogP contribution in [0.2, 0.25) is 0 Å². The molecular formula is C16H18N4O. The number of benzene rings is 2. The molecule has 3 N–H and O–H groups in total. The third kappa shape index (κ3) is 2.36. The van der Waals surface area contributed by atoms with Crippen molar-refractivity contribution in [3.05, 3.63) is 58.8 Å². The van der Waals surface area contributed by atoms with Crippen LogP contribution in [0.25, 0.3) is 16.5 Å². The molecule has 2 aromatic carbocycles. The summed E-state index contributed by atoms with van der Waals surface area (Å²) >= 11 is 0. The fourth-order valence-corrected chi connectivity index (χ4v) is 2.63. The van der Waals surface area contributed by atoms with Crippen molar-refractivity contribution in [1.29, 1.82) is 0 Å². The van der Waals surface area contributed by atoms with Gasteiger partial charge in [0.1, 0.15) is 0 Å². The van der Waals surface area contributed by atoms with Crippen LogP contribution in [0.4, 0.5) is 0 Å². The van der Waals surface area contributed by atoms with Gasteiger partial charge in [-0.1, -0.05) is 49.7 Å². The van der Waals surface area contributed by atoms with Gasteiger partial charge in [0.25, 0.3) is 0 Å². The van der Waals surface area contributed by atoms with Gasteiger partial charge in [0.05, 0.1) is 11.7 Å². The molecule has 5 heteroatoms. The maximum Gasteiger partial charge on any atom is 0.348 e. The van der Waals surface area contributed by atoms with Crippen molar-refractivity contribution in [2.45, 2.75) is 25.8 Å². The summed E-state index contributed by atoms with van der Waals surface area (Å²) in [6.07, 6.45) is 1.73. The monoisotopic (exact) mass is 282 g/mol. The molecule has 0 aliphatic rings. The molecule has 108 valence electrons. The van der Waals surface area contributed by atoms with Crippen LogP contribution in [-0.4, -0.2) is 14.8 Å². The van der Waals surface area contributed by atoms with E-state index in [2.05, 4.69) is 17.1 Å². The zero-order valence-corrected chi connectivity index (χ0v) is 11.9. The minimum absolute atomic E-state index is 0.257. The van der Waals surface area contributed by atoms with E-state index in [0.717, 1.165) is 29.3 Å². The minimum atomic E-state index is -0.257. The van der Waals surface area contributed by atoms with E-state index in [1.807, 2.05) is 42.5 Å². The number of aromatic amines is 1. The molecule has 5 nitrogen and oxygen atoms in total. The first-order chi connectivity index (χ1) is 10.2. The lowest BCUT2D eigenvalue weighted by Gasteiger charge is -2.13. The Morgan fingerprint density at radius 3 is 2.81 bits per heavy atom. The zero-order valence-electron chi connectivity index (χ0n) is 11.9. The van der Waals surface area contributed by atoms with Gasteiger partial charge in [-0.2, -0.15) is 5.10 Å². The van der Waals surface area contributed by atoms with Gasteiger partial charge in [0, 0.05) is 5.39 Å². The lowest BCUT2D eigenvalue weighted by Crippen LogP contribution is -2.22. The topological polar surface area (TPSA) is 76.7 Å². The highest BCUT2D eigenvalue weighted by Gasteiger charge is 2.17. The van der Waals surface area contributed by atoms with Crippen molar-refractivity contribution < 1.29 is 0 Å². The van der Waals surface area contributed by atoms with Crippen LogP contribution >= 0.6 is 0 Å². The number of nitrogens with one attached hydrogen (secondary N) is 1. The second-order valence-electron chi connectivity index (χ2n) is 5.12. The van der Waals surface area contributed by atoms with Crippen LogP contribution in [0.5, 0.6) is 0 Å². The molecule has 0 saturated heterocycles. The minimum Gasteiger partial charge on any atom is -0.321 e. The molecule has 1 heterocycles. The highest BCUT2D eigenvalue weighted by molar-refractivity contribution is 5.90. The lowest BCUT2D eigenvalue weighted by molar-refractivity contribution is 0.590. The number of nitrogens with zero attached hydrogens (tertiary/aromatic N) is 2. The van der Waals surface area contributed by atoms with Gasteiger partial charge >= 0.3 is 5.69 Å². The van der Waals surface area contributed by atoms with E-state index in [0.29, 0.717) is 5.82 Å². The summed E-state index contributed by atoms with van der Waals surface area (Å²) in [5, 5.41) is 8.72. The second-order valence-corrected chi connectivity index (χ2v) is 5.12. The predicted octanol–water partition coefficient (Wildman–Crippen LogP) is 2.51. The summed E-state index contributed by atoms with van der Waals surface area (Å²) in [6.45, 7) is 2.06. The van der Waals surface area contributed by atoms with Crippen molar-refractivity contribution in [3.8, 4) is 5.69 Å². The number of rotatable bonds is 4. The van der Waals surface area contributed by atoms with E-state index in [-0.39, 0.29) is 11.7 Å². The summed E-state index contributed by atoms with van der Waals surface area (Å²) in [5.41, 5.74) is 6.72. The summed E-state index contributed by atoms with van der Waals surface area (Å²) in [4.78, 5) is 12.2.